The summed E-state index contributed by atoms with van der Waals surface area (Å²) in [6.45, 7) is 2.16. The summed E-state index contributed by atoms with van der Waals surface area (Å²) in [5.74, 6) is -0.0690. The third-order valence-corrected chi connectivity index (χ3v) is 3.29. The van der Waals surface area contributed by atoms with E-state index in [1.54, 1.807) is 24.3 Å². The largest absolute Gasteiger partial charge is 0.387 e. The molecule has 0 heterocycles. The molecule has 2 N–H and O–H groups in total. The van der Waals surface area contributed by atoms with E-state index in [0.29, 0.717) is 5.02 Å². The lowest BCUT2D eigenvalue weighted by Crippen LogP contribution is -2.44. The fourth-order valence-electron chi connectivity index (χ4n) is 1.90. The number of aliphatic hydroxyl groups is 1. The summed E-state index contributed by atoms with van der Waals surface area (Å²) >= 11 is 5.78. The summed E-state index contributed by atoms with van der Waals surface area (Å²) < 4.78 is 0. The highest BCUT2D eigenvalue weighted by Gasteiger charge is 2.19. The molecule has 19 heavy (non-hydrogen) atoms. The standard InChI is InChI=1S/C14H21ClN2O2/c1-4-12(17(2)3)14(19)16-9-13(18)10-5-7-11(15)8-6-10/h5-8,12-13,18H,4,9H2,1-3H3,(H,16,19). The first-order valence-electron chi connectivity index (χ1n) is 6.33. The van der Waals surface area contributed by atoms with E-state index >= 15 is 0 Å². The maximum absolute atomic E-state index is 11.9. The van der Waals surface area contributed by atoms with Crippen molar-refractivity contribution in [2.24, 2.45) is 0 Å². The molecule has 0 spiro atoms. The number of nitrogens with one attached hydrogen (secondary N) is 1. The smallest absolute Gasteiger partial charge is 0.237 e. The Balaban J connectivity index is 2.52. The summed E-state index contributed by atoms with van der Waals surface area (Å²) in [4.78, 5) is 13.8. The van der Waals surface area contributed by atoms with Crippen molar-refractivity contribution >= 4 is 17.5 Å². The molecule has 0 saturated heterocycles. The first-order chi connectivity index (χ1) is 8.95. The van der Waals surface area contributed by atoms with Gasteiger partial charge in [0.2, 0.25) is 5.91 Å². The van der Waals surface area contributed by atoms with Crippen LogP contribution in [-0.2, 0) is 4.79 Å². The first kappa shape index (κ1) is 16.0. The average Bonchev–Trinajstić information content (AvgIpc) is 2.37. The zero-order valence-electron chi connectivity index (χ0n) is 11.6. The molecule has 0 aliphatic carbocycles. The minimum atomic E-state index is -0.721. The fourth-order valence-corrected chi connectivity index (χ4v) is 2.03. The number of nitrogens with zero attached hydrogens (tertiary/aromatic N) is 1. The minimum Gasteiger partial charge on any atom is -0.387 e. The number of halogens is 1. The van der Waals surface area contributed by atoms with Crippen LogP contribution in [0.2, 0.25) is 5.02 Å². The molecule has 1 aromatic rings. The van der Waals surface area contributed by atoms with Gasteiger partial charge in [-0.1, -0.05) is 30.7 Å². The molecule has 0 fully saturated rings. The Morgan fingerprint density at radius 1 is 1.37 bits per heavy atom. The highest BCUT2D eigenvalue weighted by atomic mass is 35.5. The minimum absolute atomic E-state index is 0.0690. The van der Waals surface area contributed by atoms with Crippen LogP contribution in [0.4, 0.5) is 0 Å². The van der Waals surface area contributed by atoms with Gasteiger partial charge in [0.15, 0.2) is 0 Å². The van der Waals surface area contributed by atoms with Gasteiger partial charge in [0.05, 0.1) is 12.1 Å². The van der Waals surface area contributed by atoms with Crippen molar-refractivity contribution in [2.45, 2.75) is 25.5 Å². The van der Waals surface area contributed by atoms with E-state index in [4.69, 9.17) is 11.6 Å². The van der Waals surface area contributed by atoms with Gasteiger partial charge in [0.25, 0.3) is 0 Å². The lowest BCUT2D eigenvalue weighted by atomic mass is 10.1. The summed E-state index contributed by atoms with van der Waals surface area (Å²) in [5.41, 5.74) is 0.739. The van der Waals surface area contributed by atoms with E-state index in [9.17, 15) is 9.90 Å². The number of aliphatic hydroxyl groups excluding tert-OH is 1. The summed E-state index contributed by atoms with van der Waals surface area (Å²) in [6.07, 6.45) is 0.0106. The molecule has 0 aliphatic rings. The summed E-state index contributed by atoms with van der Waals surface area (Å²) in [7, 11) is 3.73. The van der Waals surface area contributed by atoms with Crippen molar-refractivity contribution in [2.75, 3.05) is 20.6 Å². The zero-order valence-corrected chi connectivity index (χ0v) is 12.3. The molecule has 0 bridgehead atoms. The Morgan fingerprint density at radius 3 is 2.42 bits per heavy atom. The molecule has 0 aliphatic heterocycles. The van der Waals surface area contributed by atoms with Crippen molar-refractivity contribution in [3.63, 3.8) is 0 Å². The maximum Gasteiger partial charge on any atom is 0.237 e. The maximum atomic E-state index is 11.9. The predicted octanol–water partition coefficient (Wildman–Crippen LogP) is 1.83. The molecule has 4 nitrogen and oxygen atoms in total. The zero-order chi connectivity index (χ0) is 14.4. The van der Waals surface area contributed by atoms with Crippen molar-refractivity contribution < 1.29 is 9.90 Å². The molecule has 2 atom stereocenters. The molecule has 1 amide bonds. The van der Waals surface area contributed by atoms with Gasteiger partial charge in [-0.3, -0.25) is 9.69 Å². The molecule has 0 aromatic heterocycles. The van der Waals surface area contributed by atoms with Gasteiger partial charge < -0.3 is 10.4 Å². The van der Waals surface area contributed by atoms with Crippen LogP contribution >= 0.6 is 11.6 Å². The molecule has 1 aromatic carbocycles. The molecular weight excluding hydrogens is 264 g/mol. The topological polar surface area (TPSA) is 52.6 Å². The normalized spacial score (nSPS) is 14.2. The number of hydrogen-bond donors (Lipinski definition) is 2. The third-order valence-electron chi connectivity index (χ3n) is 3.04. The Labute approximate surface area is 119 Å². The number of rotatable bonds is 6. The van der Waals surface area contributed by atoms with Crippen molar-refractivity contribution in [1.29, 1.82) is 0 Å². The highest BCUT2D eigenvalue weighted by Crippen LogP contribution is 2.15. The number of carbonyl (C=O) groups is 1. The van der Waals surface area contributed by atoms with Crippen LogP contribution in [-0.4, -0.2) is 42.6 Å². The summed E-state index contributed by atoms with van der Waals surface area (Å²) in [6, 6.07) is 6.77. The monoisotopic (exact) mass is 284 g/mol. The second-order valence-electron chi connectivity index (χ2n) is 4.70. The van der Waals surface area contributed by atoms with E-state index in [0.717, 1.165) is 12.0 Å². The number of likely N-dealkylation sites (N-methyl/N-ethyl adjacent to an activating group) is 1. The average molecular weight is 285 g/mol. The quantitative estimate of drug-likeness (QED) is 0.838. The number of hydrogen-bond acceptors (Lipinski definition) is 3. The Bertz CT molecular complexity index is 406. The van der Waals surface area contributed by atoms with Crippen molar-refractivity contribution in [3.05, 3.63) is 34.9 Å². The second kappa shape index (κ2) is 7.48. The van der Waals surface area contributed by atoms with E-state index in [1.165, 1.54) is 0 Å². The van der Waals surface area contributed by atoms with Crippen LogP contribution in [0.5, 0.6) is 0 Å². The van der Waals surface area contributed by atoms with Crippen LogP contribution in [0.25, 0.3) is 0 Å². The lowest BCUT2D eigenvalue weighted by Gasteiger charge is -2.22. The van der Waals surface area contributed by atoms with E-state index in [-0.39, 0.29) is 18.5 Å². The molecule has 0 radical (unpaired) electrons. The van der Waals surface area contributed by atoms with E-state index in [1.807, 2.05) is 25.9 Å². The predicted molar refractivity (Wildman–Crippen MR) is 77.2 cm³/mol. The molecule has 2 unspecified atom stereocenters. The van der Waals surface area contributed by atoms with Crippen molar-refractivity contribution in [3.8, 4) is 0 Å². The molecule has 0 saturated carbocycles. The van der Waals surface area contributed by atoms with E-state index < -0.39 is 6.10 Å². The van der Waals surface area contributed by atoms with Crippen molar-refractivity contribution in [1.82, 2.24) is 10.2 Å². The van der Waals surface area contributed by atoms with Gasteiger partial charge in [-0.05, 0) is 38.2 Å². The van der Waals surface area contributed by atoms with E-state index in [2.05, 4.69) is 5.32 Å². The van der Waals surface area contributed by atoms with Gasteiger partial charge in [0.1, 0.15) is 0 Å². The van der Waals surface area contributed by atoms with Gasteiger partial charge in [-0.15, -0.1) is 0 Å². The van der Waals surface area contributed by atoms with Crippen LogP contribution in [0.15, 0.2) is 24.3 Å². The Kier molecular flexibility index (Phi) is 6.28. The van der Waals surface area contributed by atoms with Gasteiger partial charge in [-0.2, -0.15) is 0 Å². The highest BCUT2D eigenvalue weighted by molar-refractivity contribution is 6.30. The number of benzene rings is 1. The van der Waals surface area contributed by atoms with Gasteiger partial charge in [-0.25, -0.2) is 0 Å². The van der Waals surface area contributed by atoms with Gasteiger partial charge in [0, 0.05) is 11.6 Å². The third kappa shape index (κ3) is 4.82. The fraction of sp³-hybridized carbons (Fsp3) is 0.500. The Morgan fingerprint density at radius 2 is 1.95 bits per heavy atom. The van der Waals surface area contributed by atoms with Gasteiger partial charge >= 0.3 is 0 Å². The van der Waals surface area contributed by atoms with Crippen LogP contribution in [0.3, 0.4) is 0 Å². The SMILES string of the molecule is CCC(C(=O)NCC(O)c1ccc(Cl)cc1)N(C)C. The lowest BCUT2D eigenvalue weighted by molar-refractivity contribution is -0.126. The molecule has 1 rings (SSSR count). The van der Waals surface area contributed by atoms with Crippen LogP contribution < -0.4 is 5.32 Å². The number of amides is 1. The van der Waals surface area contributed by atoms with Crippen LogP contribution in [0, 0.1) is 0 Å². The van der Waals surface area contributed by atoms with Crippen LogP contribution in [0.1, 0.15) is 25.0 Å². The second-order valence-corrected chi connectivity index (χ2v) is 5.14. The molecule has 5 heteroatoms. The molecular formula is C14H21ClN2O2. The summed E-state index contributed by atoms with van der Waals surface area (Å²) in [5, 5.41) is 13.4. The number of carbonyl (C=O) groups excluding carboxylic acids is 1. The Hall–Kier alpha value is -1.10. The molecule has 106 valence electrons. The first-order valence-corrected chi connectivity index (χ1v) is 6.71.